The minimum absolute atomic E-state index is 0.0788. The van der Waals surface area contributed by atoms with Crippen molar-refractivity contribution in [2.45, 2.75) is 62.9 Å². The van der Waals surface area contributed by atoms with Crippen LogP contribution in [0.15, 0.2) is 4.52 Å². The highest BCUT2D eigenvalue weighted by Crippen LogP contribution is 2.37. The molecule has 2 saturated carbocycles. The molecule has 0 spiro atoms. The van der Waals surface area contributed by atoms with Gasteiger partial charge in [0, 0.05) is 5.92 Å². The summed E-state index contributed by atoms with van der Waals surface area (Å²) in [5.74, 6) is 2.11. The minimum atomic E-state index is -0.288. The summed E-state index contributed by atoms with van der Waals surface area (Å²) in [5, 5.41) is 14.0. The fraction of sp³-hybridized carbons (Fsp3) is 0.833. The van der Waals surface area contributed by atoms with Gasteiger partial charge in [0.2, 0.25) is 5.89 Å². The predicted octanol–water partition coefficient (Wildman–Crippen LogP) is 2.36. The highest BCUT2D eigenvalue weighted by molar-refractivity contribution is 5.04. The van der Waals surface area contributed by atoms with Crippen molar-refractivity contribution in [1.29, 1.82) is 0 Å². The molecule has 1 N–H and O–H groups in total. The Morgan fingerprint density at radius 3 is 2.56 bits per heavy atom. The first-order valence-electron chi connectivity index (χ1n) is 6.36. The predicted molar refractivity (Wildman–Crippen MR) is 58.1 cm³/mol. The lowest BCUT2D eigenvalue weighted by atomic mass is 9.84. The number of hydrogen-bond acceptors (Lipinski definition) is 4. The van der Waals surface area contributed by atoms with Crippen LogP contribution in [0.2, 0.25) is 0 Å². The minimum Gasteiger partial charge on any atom is -0.392 e. The van der Waals surface area contributed by atoms with Crippen molar-refractivity contribution >= 4 is 0 Å². The van der Waals surface area contributed by atoms with E-state index in [1.54, 1.807) is 0 Å². The number of aliphatic hydroxyl groups is 1. The van der Waals surface area contributed by atoms with Crippen molar-refractivity contribution in [3.8, 4) is 0 Å². The summed E-state index contributed by atoms with van der Waals surface area (Å²) in [4.78, 5) is 4.47. The van der Waals surface area contributed by atoms with E-state index in [9.17, 15) is 5.11 Å². The maximum atomic E-state index is 9.91. The van der Waals surface area contributed by atoms with Crippen LogP contribution in [-0.4, -0.2) is 21.4 Å². The summed E-state index contributed by atoms with van der Waals surface area (Å²) in [6.07, 6.45) is 7.48. The van der Waals surface area contributed by atoms with Crippen LogP contribution < -0.4 is 0 Å². The van der Waals surface area contributed by atoms with Gasteiger partial charge in [-0.1, -0.05) is 24.4 Å². The van der Waals surface area contributed by atoms with Crippen LogP contribution in [0.4, 0.5) is 0 Å². The van der Waals surface area contributed by atoms with Gasteiger partial charge in [-0.25, -0.2) is 0 Å². The third-order valence-electron chi connectivity index (χ3n) is 3.97. The number of aromatic nitrogens is 2. The Bertz CT molecular complexity index is 360. The second-order valence-electron chi connectivity index (χ2n) is 5.08. The molecule has 2 aliphatic carbocycles. The topological polar surface area (TPSA) is 59.2 Å². The molecule has 2 fully saturated rings. The zero-order valence-electron chi connectivity index (χ0n) is 9.43. The molecule has 0 aromatic carbocycles. The highest BCUT2D eigenvalue weighted by atomic mass is 16.5. The Balaban J connectivity index is 1.75. The summed E-state index contributed by atoms with van der Waals surface area (Å²) in [7, 11) is 0. The van der Waals surface area contributed by atoms with Crippen molar-refractivity contribution in [3.05, 3.63) is 11.7 Å². The van der Waals surface area contributed by atoms with E-state index in [0.29, 0.717) is 11.8 Å². The molecular formula is C12H18N2O2. The van der Waals surface area contributed by atoms with Crippen molar-refractivity contribution in [1.82, 2.24) is 10.1 Å². The molecule has 0 amide bonds. The molecule has 1 aromatic rings. The summed E-state index contributed by atoms with van der Waals surface area (Å²) in [6.45, 7) is 0. The van der Waals surface area contributed by atoms with Crippen LogP contribution in [0.1, 0.15) is 68.5 Å². The second kappa shape index (κ2) is 4.17. The van der Waals surface area contributed by atoms with E-state index in [1.165, 1.54) is 19.3 Å². The number of rotatable bonds is 2. The SMILES string of the molecule is OC1CCCCC1c1nc(C2CCC2)no1. The summed E-state index contributed by atoms with van der Waals surface area (Å²) in [6, 6.07) is 0. The van der Waals surface area contributed by atoms with Crippen LogP contribution in [-0.2, 0) is 0 Å². The molecule has 88 valence electrons. The van der Waals surface area contributed by atoms with E-state index >= 15 is 0 Å². The number of nitrogens with zero attached hydrogens (tertiary/aromatic N) is 2. The van der Waals surface area contributed by atoms with E-state index in [2.05, 4.69) is 10.1 Å². The van der Waals surface area contributed by atoms with Gasteiger partial charge >= 0.3 is 0 Å². The Kier molecular flexibility index (Phi) is 2.67. The number of hydrogen-bond donors (Lipinski definition) is 1. The summed E-state index contributed by atoms with van der Waals surface area (Å²) < 4.78 is 5.31. The smallest absolute Gasteiger partial charge is 0.232 e. The first kappa shape index (κ1) is 10.3. The highest BCUT2D eigenvalue weighted by Gasteiger charge is 2.31. The molecule has 2 atom stereocenters. The number of aliphatic hydroxyl groups excluding tert-OH is 1. The lowest BCUT2D eigenvalue weighted by molar-refractivity contribution is 0.0908. The third kappa shape index (κ3) is 1.75. The Hall–Kier alpha value is -0.900. The molecule has 0 aliphatic heterocycles. The Labute approximate surface area is 95.0 Å². The van der Waals surface area contributed by atoms with Crippen LogP contribution in [0.3, 0.4) is 0 Å². The Morgan fingerprint density at radius 1 is 1.06 bits per heavy atom. The van der Waals surface area contributed by atoms with Crippen LogP contribution >= 0.6 is 0 Å². The summed E-state index contributed by atoms with van der Waals surface area (Å²) >= 11 is 0. The maximum absolute atomic E-state index is 9.91. The van der Waals surface area contributed by atoms with E-state index in [0.717, 1.165) is 31.5 Å². The summed E-state index contributed by atoms with van der Waals surface area (Å²) in [5.41, 5.74) is 0. The molecule has 2 aliphatic rings. The van der Waals surface area contributed by atoms with E-state index in [-0.39, 0.29) is 12.0 Å². The zero-order valence-corrected chi connectivity index (χ0v) is 9.43. The quantitative estimate of drug-likeness (QED) is 0.834. The lowest BCUT2D eigenvalue weighted by Gasteiger charge is -2.24. The van der Waals surface area contributed by atoms with Crippen molar-refractivity contribution in [2.24, 2.45) is 0 Å². The van der Waals surface area contributed by atoms with Gasteiger partial charge in [-0.05, 0) is 25.7 Å². The van der Waals surface area contributed by atoms with Gasteiger partial charge < -0.3 is 9.63 Å². The van der Waals surface area contributed by atoms with Crippen molar-refractivity contribution in [3.63, 3.8) is 0 Å². The normalized spacial score (nSPS) is 31.3. The monoisotopic (exact) mass is 222 g/mol. The van der Waals surface area contributed by atoms with Gasteiger partial charge in [0.1, 0.15) is 0 Å². The fourth-order valence-electron chi connectivity index (χ4n) is 2.63. The molecule has 1 heterocycles. The first-order valence-corrected chi connectivity index (χ1v) is 6.36. The van der Waals surface area contributed by atoms with Crippen LogP contribution in [0.25, 0.3) is 0 Å². The third-order valence-corrected chi connectivity index (χ3v) is 3.97. The molecule has 2 unspecified atom stereocenters. The zero-order chi connectivity index (χ0) is 11.0. The first-order chi connectivity index (χ1) is 7.84. The molecule has 16 heavy (non-hydrogen) atoms. The molecule has 0 radical (unpaired) electrons. The van der Waals surface area contributed by atoms with E-state index in [1.807, 2.05) is 0 Å². The molecule has 4 heteroatoms. The molecule has 1 aromatic heterocycles. The van der Waals surface area contributed by atoms with Crippen molar-refractivity contribution < 1.29 is 9.63 Å². The Morgan fingerprint density at radius 2 is 1.88 bits per heavy atom. The molecule has 4 nitrogen and oxygen atoms in total. The van der Waals surface area contributed by atoms with Gasteiger partial charge in [-0.15, -0.1) is 0 Å². The van der Waals surface area contributed by atoms with Gasteiger partial charge in [0.15, 0.2) is 5.82 Å². The van der Waals surface area contributed by atoms with Crippen molar-refractivity contribution in [2.75, 3.05) is 0 Å². The van der Waals surface area contributed by atoms with Crippen LogP contribution in [0.5, 0.6) is 0 Å². The van der Waals surface area contributed by atoms with Gasteiger partial charge in [0.05, 0.1) is 12.0 Å². The standard InChI is InChI=1S/C12H18N2O2/c15-10-7-2-1-6-9(10)12-13-11(14-16-12)8-4-3-5-8/h8-10,15H,1-7H2. The lowest BCUT2D eigenvalue weighted by Crippen LogP contribution is -2.22. The van der Waals surface area contributed by atoms with Crippen LogP contribution in [0, 0.1) is 0 Å². The fourth-order valence-corrected chi connectivity index (χ4v) is 2.63. The average Bonchev–Trinajstić information content (AvgIpc) is 2.65. The van der Waals surface area contributed by atoms with Gasteiger partial charge in [0.25, 0.3) is 0 Å². The average molecular weight is 222 g/mol. The van der Waals surface area contributed by atoms with Gasteiger partial charge in [-0.2, -0.15) is 4.98 Å². The van der Waals surface area contributed by atoms with Gasteiger partial charge in [-0.3, -0.25) is 0 Å². The van der Waals surface area contributed by atoms with E-state index in [4.69, 9.17) is 4.52 Å². The largest absolute Gasteiger partial charge is 0.392 e. The van der Waals surface area contributed by atoms with E-state index < -0.39 is 0 Å². The molecule has 0 bridgehead atoms. The molecule has 0 saturated heterocycles. The second-order valence-corrected chi connectivity index (χ2v) is 5.08. The maximum Gasteiger partial charge on any atom is 0.232 e. The molecular weight excluding hydrogens is 204 g/mol. The molecule has 3 rings (SSSR count).